The molecule has 0 amide bonds. The molecule has 1 unspecified atom stereocenters. The molecular formula is C10H21N5O. The summed E-state index contributed by atoms with van der Waals surface area (Å²) < 4.78 is 5.09. The summed E-state index contributed by atoms with van der Waals surface area (Å²) in [5.41, 5.74) is 0. The lowest BCUT2D eigenvalue weighted by Crippen LogP contribution is -2.50. The normalized spacial score (nSPS) is 20.3. The lowest BCUT2D eigenvalue weighted by molar-refractivity contribution is 0.369. The molecule has 0 aromatic carbocycles. The Balaban J connectivity index is 2.68. The van der Waals surface area contributed by atoms with Crippen molar-refractivity contribution in [1.82, 2.24) is 16.0 Å². The Morgan fingerprint density at radius 3 is 2.38 bits per heavy atom. The van der Waals surface area contributed by atoms with Crippen LogP contribution in [0.15, 0.2) is 9.98 Å². The molecule has 0 saturated carbocycles. The lowest BCUT2D eigenvalue weighted by atomic mass is 10.4. The highest BCUT2D eigenvalue weighted by molar-refractivity contribution is 5.97. The molecule has 16 heavy (non-hydrogen) atoms. The number of amidine groups is 1. The fraction of sp³-hybridized carbons (Fsp3) is 0.800. The largest absolute Gasteiger partial charge is 0.468 e. The van der Waals surface area contributed by atoms with E-state index in [4.69, 9.17) is 4.74 Å². The van der Waals surface area contributed by atoms with Crippen LogP contribution in [0.3, 0.4) is 0 Å². The number of aliphatic imine (C=N–C) groups is 2. The predicted molar refractivity (Wildman–Crippen MR) is 65.3 cm³/mol. The summed E-state index contributed by atoms with van der Waals surface area (Å²) in [6.07, 6.45) is -0.294. The van der Waals surface area contributed by atoms with Crippen LogP contribution in [0.4, 0.5) is 0 Å². The molecule has 0 fully saturated rings. The smallest absolute Gasteiger partial charge is 0.294 e. The Labute approximate surface area is 96.6 Å². The maximum absolute atomic E-state index is 5.09. The van der Waals surface area contributed by atoms with Crippen molar-refractivity contribution in [2.24, 2.45) is 9.98 Å². The van der Waals surface area contributed by atoms with Crippen molar-refractivity contribution in [3.8, 4) is 0 Å². The van der Waals surface area contributed by atoms with Crippen LogP contribution < -0.4 is 16.0 Å². The summed E-state index contributed by atoms with van der Waals surface area (Å²) in [5.74, 6) is 0.681. The van der Waals surface area contributed by atoms with E-state index in [-0.39, 0.29) is 6.29 Å². The van der Waals surface area contributed by atoms with Crippen molar-refractivity contribution in [1.29, 1.82) is 0 Å². The van der Waals surface area contributed by atoms with E-state index >= 15 is 0 Å². The van der Waals surface area contributed by atoms with Gasteiger partial charge in [-0.2, -0.15) is 4.99 Å². The molecule has 92 valence electrons. The molecule has 0 aliphatic carbocycles. The van der Waals surface area contributed by atoms with E-state index in [2.05, 4.69) is 39.8 Å². The molecule has 0 aromatic rings. The maximum Gasteiger partial charge on any atom is 0.294 e. The second kappa shape index (κ2) is 5.69. The van der Waals surface area contributed by atoms with Gasteiger partial charge in [-0.05, 0) is 27.7 Å². The van der Waals surface area contributed by atoms with Crippen molar-refractivity contribution >= 4 is 12.0 Å². The first-order valence-corrected chi connectivity index (χ1v) is 5.50. The molecule has 0 aromatic heterocycles. The van der Waals surface area contributed by atoms with Gasteiger partial charge in [-0.15, -0.1) is 0 Å². The Hall–Kier alpha value is -1.30. The molecule has 0 bridgehead atoms. The molecule has 0 spiro atoms. The molecule has 1 aliphatic rings. The fourth-order valence-corrected chi connectivity index (χ4v) is 1.25. The molecule has 1 aliphatic heterocycles. The van der Waals surface area contributed by atoms with E-state index in [0.29, 0.717) is 24.1 Å². The fourth-order valence-electron chi connectivity index (χ4n) is 1.25. The summed E-state index contributed by atoms with van der Waals surface area (Å²) >= 11 is 0. The summed E-state index contributed by atoms with van der Waals surface area (Å²) in [6, 6.07) is 1.09. The first-order valence-electron chi connectivity index (χ1n) is 5.50. The van der Waals surface area contributed by atoms with E-state index in [1.807, 2.05) is 13.8 Å². The minimum atomic E-state index is -0.294. The Kier molecular flexibility index (Phi) is 4.54. The lowest BCUT2D eigenvalue weighted by Gasteiger charge is -2.23. The van der Waals surface area contributed by atoms with Gasteiger partial charge in [0.1, 0.15) is 0 Å². The Morgan fingerprint density at radius 1 is 1.19 bits per heavy atom. The Morgan fingerprint density at radius 2 is 1.88 bits per heavy atom. The van der Waals surface area contributed by atoms with E-state index in [0.717, 1.165) is 0 Å². The third kappa shape index (κ3) is 4.06. The monoisotopic (exact) mass is 227 g/mol. The van der Waals surface area contributed by atoms with Gasteiger partial charge in [-0.3, -0.25) is 10.6 Å². The van der Waals surface area contributed by atoms with Gasteiger partial charge in [0.2, 0.25) is 12.2 Å². The highest BCUT2D eigenvalue weighted by Gasteiger charge is 2.17. The van der Waals surface area contributed by atoms with E-state index in [9.17, 15) is 0 Å². The molecule has 0 radical (unpaired) electrons. The number of guanidine groups is 1. The van der Waals surface area contributed by atoms with Crippen molar-refractivity contribution in [2.45, 2.75) is 46.1 Å². The van der Waals surface area contributed by atoms with Gasteiger partial charge in [0, 0.05) is 12.1 Å². The van der Waals surface area contributed by atoms with Crippen LogP contribution in [0.5, 0.6) is 0 Å². The van der Waals surface area contributed by atoms with Gasteiger partial charge in [0.05, 0.1) is 7.11 Å². The van der Waals surface area contributed by atoms with E-state index < -0.39 is 0 Å². The van der Waals surface area contributed by atoms with Crippen molar-refractivity contribution in [2.75, 3.05) is 7.11 Å². The number of nitrogens with one attached hydrogen (secondary N) is 3. The maximum atomic E-state index is 5.09. The zero-order chi connectivity index (χ0) is 12.1. The quantitative estimate of drug-likeness (QED) is 0.645. The average Bonchev–Trinajstić information content (AvgIpc) is 2.14. The second-order valence-electron chi connectivity index (χ2n) is 4.24. The number of hydrogen-bond acceptors (Lipinski definition) is 6. The summed E-state index contributed by atoms with van der Waals surface area (Å²) in [6.45, 7) is 8.20. The molecule has 1 atom stereocenters. The molecule has 3 N–H and O–H groups in total. The van der Waals surface area contributed by atoms with Gasteiger partial charge >= 0.3 is 0 Å². The minimum absolute atomic E-state index is 0.294. The standard InChI is InChI=1S/C10H21N5O/c1-6(2)11-8-13-9(12-7(3)4)15-10(14-8)16-5/h6-8,11H,1-5H3,(H2,12,13,14,15). The number of nitrogens with zero attached hydrogens (tertiary/aromatic N) is 2. The first kappa shape index (κ1) is 12.8. The molecular weight excluding hydrogens is 206 g/mol. The minimum Gasteiger partial charge on any atom is -0.468 e. The molecule has 0 saturated heterocycles. The average molecular weight is 227 g/mol. The van der Waals surface area contributed by atoms with Gasteiger partial charge in [-0.25, -0.2) is 4.99 Å². The zero-order valence-corrected chi connectivity index (χ0v) is 10.5. The van der Waals surface area contributed by atoms with Crippen LogP contribution >= 0.6 is 0 Å². The Bertz CT molecular complexity index is 285. The number of hydrogen-bond donors (Lipinski definition) is 3. The van der Waals surface area contributed by atoms with Gasteiger partial charge < -0.3 is 10.1 Å². The second-order valence-corrected chi connectivity index (χ2v) is 4.24. The van der Waals surface area contributed by atoms with Crippen LogP contribution in [0.1, 0.15) is 27.7 Å². The van der Waals surface area contributed by atoms with E-state index in [1.54, 1.807) is 7.11 Å². The van der Waals surface area contributed by atoms with Crippen LogP contribution in [0, 0.1) is 0 Å². The number of ether oxygens (including phenoxy) is 1. The summed E-state index contributed by atoms with van der Waals surface area (Å²) in [5, 5.41) is 9.37. The van der Waals surface area contributed by atoms with Gasteiger partial charge in [0.25, 0.3) is 6.02 Å². The van der Waals surface area contributed by atoms with Crippen LogP contribution in [0.2, 0.25) is 0 Å². The third-order valence-corrected chi connectivity index (χ3v) is 1.82. The molecule has 1 heterocycles. The number of methoxy groups -OCH3 is 1. The summed E-state index contributed by atoms with van der Waals surface area (Å²) in [7, 11) is 1.58. The molecule has 1 rings (SSSR count). The van der Waals surface area contributed by atoms with Crippen LogP contribution in [-0.4, -0.2) is 37.5 Å². The van der Waals surface area contributed by atoms with E-state index in [1.165, 1.54) is 0 Å². The third-order valence-electron chi connectivity index (χ3n) is 1.82. The van der Waals surface area contributed by atoms with Gasteiger partial charge in [-0.1, -0.05) is 0 Å². The van der Waals surface area contributed by atoms with Gasteiger partial charge in [0.15, 0.2) is 0 Å². The predicted octanol–water partition coefficient (Wildman–Crippen LogP) is 0.228. The molecule has 6 heteroatoms. The van der Waals surface area contributed by atoms with Crippen molar-refractivity contribution in [3.63, 3.8) is 0 Å². The SMILES string of the molecule is COC1=NC(NC(C)C)N=C(NC(C)C)N1. The van der Waals surface area contributed by atoms with Crippen molar-refractivity contribution in [3.05, 3.63) is 0 Å². The molecule has 6 nitrogen and oxygen atoms in total. The number of rotatable bonds is 3. The van der Waals surface area contributed by atoms with Crippen molar-refractivity contribution < 1.29 is 4.74 Å². The highest BCUT2D eigenvalue weighted by Crippen LogP contribution is 1.98. The van der Waals surface area contributed by atoms with Crippen LogP contribution in [0.25, 0.3) is 0 Å². The highest BCUT2D eigenvalue weighted by atomic mass is 16.5. The summed E-state index contributed by atoms with van der Waals surface area (Å²) in [4.78, 5) is 8.62. The zero-order valence-electron chi connectivity index (χ0n) is 10.5. The topological polar surface area (TPSA) is 70.0 Å². The first-order chi connectivity index (χ1) is 7.51. The van der Waals surface area contributed by atoms with Crippen LogP contribution in [-0.2, 0) is 4.74 Å².